The third-order valence-electron chi connectivity index (χ3n) is 6.85. The van der Waals surface area contributed by atoms with Gasteiger partial charge in [0.1, 0.15) is 11.7 Å². The molecule has 0 radical (unpaired) electrons. The second-order valence-electron chi connectivity index (χ2n) is 8.48. The molecule has 1 N–H and O–H groups in total. The van der Waals surface area contributed by atoms with Gasteiger partial charge in [-0.2, -0.15) is 5.26 Å². The van der Waals surface area contributed by atoms with Crippen molar-refractivity contribution >= 4 is 35.0 Å². The molecule has 0 aromatic heterocycles. The Bertz CT molecular complexity index is 1270. The average molecular weight is 444 g/mol. The zero-order valence-corrected chi connectivity index (χ0v) is 18.0. The number of nitrogens with one attached hydrogen (secondary N) is 1. The molecule has 5 rings (SSSR count). The van der Waals surface area contributed by atoms with Gasteiger partial charge < -0.3 is 15.1 Å². The van der Waals surface area contributed by atoms with E-state index in [-0.39, 0.29) is 17.6 Å². The first-order valence-electron chi connectivity index (χ1n) is 10.5. The van der Waals surface area contributed by atoms with Crippen LogP contribution in [0.5, 0.6) is 0 Å². The van der Waals surface area contributed by atoms with E-state index in [1.54, 1.807) is 47.9 Å². The normalized spacial score (nSPS) is 23.1. The summed E-state index contributed by atoms with van der Waals surface area (Å²) < 4.78 is 0. The number of hydrogen-bond acceptors (Lipinski definition) is 6. The van der Waals surface area contributed by atoms with E-state index in [9.17, 15) is 24.6 Å². The minimum absolute atomic E-state index is 0.196. The topological polar surface area (TPSA) is 126 Å². The maximum atomic E-state index is 13.4. The number of piperazine rings is 1. The number of rotatable bonds is 3. The molecule has 3 heterocycles. The first kappa shape index (κ1) is 20.6. The molecule has 3 saturated heterocycles. The molecular formula is C23H20N6O4. The lowest BCUT2D eigenvalue weighted by Crippen LogP contribution is -2.55. The van der Waals surface area contributed by atoms with E-state index in [1.165, 1.54) is 17.0 Å². The molecule has 2 bridgehead atoms. The Morgan fingerprint density at radius 2 is 1.97 bits per heavy atom. The van der Waals surface area contributed by atoms with E-state index in [4.69, 9.17) is 0 Å². The molecule has 10 heteroatoms. The van der Waals surface area contributed by atoms with Crippen LogP contribution in [0, 0.1) is 30.1 Å². The predicted molar refractivity (Wildman–Crippen MR) is 119 cm³/mol. The summed E-state index contributed by atoms with van der Waals surface area (Å²) in [4.78, 5) is 54.7. The molecule has 0 saturated carbocycles. The molecular weight excluding hydrogens is 424 g/mol. The third kappa shape index (κ3) is 2.96. The molecule has 33 heavy (non-hydrogen) atoms. The molecule has 5 amide bonds. The van der Waals surface area contributed by atoms with Gasteiger partial charge in [-0.25, -0.2) is 14.5 Å². The van der Waals surface area contributed by atoms with Crippen molar-refractivity contribution < 1.29 is 14.4 Å². The van der Waals surface area contributed by atoms with Gasteiger partial charge in [0.15, 0.2) is 0 Å². The van der Waals surface area contributed by atoms with Crippen molar-refractivity contribution in [2.75, 3.05) is 16.8 Å². The highest BCUT2D eigenvalue weighted by molar-refractivity contribution is 6.22. The number of anilines is 2. The van der Waals surface area contributed by atoms with E-state index in [0.717, 1.165) is 5.56 Å². The highest BCUT2D eigenvalue weighted by Gasteiger charge is 2.63. The number of amides is 5. The fourth-order valence-electron chi connectivity index (χ4n) is 5.12. The van der Waals surface area contributed by atoms with Crippen molar-refractivity contribution in [2.24, 2.45) is 5.18 Å². The summed E-state index contributed by atoms with van der Waals surface area (Å²) in [7, 11) is 0. The highest BCUT2D eigenvalue weighted by Crippen LogP contribution is 2.43. The van der Waals surface area contributed by atoms with E-state index >= 15 is 0 Å². The lowest BCUT2D eigenvalue weighted by atomic mass is 10.0. The fraction of sp³-hybridized carbons (Fsp3) is 0.304. The number of nitriles is 1. The Morgan fingerprint density at radius 3 is 2.70 bits per heavy atom. The van der Waals surface area contributed by atoms with Crippen molar-refractivity contribution in [3.8, 4) is 6.07 Å². The first-order valence-corrected chi connectivity index (χ1v) is 10.5. The van der Waals surface area contributed by atoms with Gasteiger partial charge in [0.05, 0.1) is 29.4 Å². The number of benzene rings is 2. The smallest absolute Gasteiger partial charge is 0.317 e. The zero-order valence-electron chi connectivity index (χ0n) is 18.0. The number of urea groups is 2. The number of hydrogen-bond donors (Lipinski definition) is 1. The van der Waals surface area contributed by atoms with E-state index in [0.29, 0.717) is 35.5 Å². The summed E-state index contributed by atoms with van der Waals surface area (Å²) in [5, 5.41) is 14.9. The molecule has 3 atom stereocenters. The van der Waals surface area contributed by atoms with Gasteiger partial charge in [0.25, 0.3) is 5.91 Å². The van der Waals surface area contributed by atoms with Crippen LogP contribution >= 0.6 is 0 Å². The molecule has 10 nitrogen and oxygen atoms in total. The van der Waals surface area contributed by atoms with Gasteiger partial charge in [-0.1, -0.05) is 6.07 Å². The SMILES string of the molecule is Cc1c(C#N)ccc(N2C(=O)[C@@H]3C4CC(CN4C(=O)Nc4cccc(N=O)c4)N3C2=O)c1C. The van der Waals surface area contributed by atoms with Gasteiger partial charge >= 0.3 is 12.1 Å². The maximum Gasteiger partial charge on any atom is 0.332 e. The van der Waals surface area contributed by atoms with Gasteiger partial charge in [0.2, 0.25) is 0 Å². The van der Waals surface area contributed by atoms with Crippen LogP contribution in [0.1, 0.15) is 23.1 Å². The molecule has 2 aromatic carbocycles. The Labute approximate surface area is 189 Å². The number of fused-ring (bicyclic) bond motifs is 5. The second kappa shape index (κ2) is 7.41. The van der Waals surface area contributed by atoms with Crippen LogP contribution in [-0.4, -0.2) is 52.4 Å². The molecule has 2 aromatic rings. The number of imide groups is 1. The van der Waals surface area contributed by atoms with Crippen LogP contribution in [-0.2, 0) is 4.79 Å². The zero-order chi connectivity index (χ0) is 23.4. The van der Waals surface area contributed by atoms with Crippen LogP contribution in [0.3, 0.4) is 0 Å². The van der Waals surface area contributed by atoms with Crippen LogP contribution in [0.25, 0.3) is 0 Å². The summed E-state index contributed by atoms with van der Waals surface area (Å²) in [6.07, 6.45) is 0.532. The predicted octanol–water partition coefficient (Wildman–Crippen LogP) is 3.40. The lowest BCUT2D eigenvalue weighted by molar-refractivity contribution is -0.120. The fourth-order valence-corrected chi connectivity index (χ4v) is 5.12. The van der Waals surface area contributed by atoms with Crippen LogP contribution < -0.4 is 10.2 Å². The Hall–Kier alpha value is -4.26. The lowest BCUT2D eigenvalue weighted by Gasteiger charge is -2.34. The Kier molecular flexibility index (Phi) is 4.63. The standard InChI is InChI=1S/C23H20N6O4/c1-12-13(2)18(7-6-14(12)10-24)29-21(30)20-19-9-17(28(20)23(29)32)11-27(19)22(31)25-15-4-3-5-16(8-15)26-33/h3-8,17,19-20H,9,11H2,1-2H3,(H,25,31)/t17?,19?,20-/m0/s1. The summed E-state index contributed by atoms with van der Waals surface area (Å²) in [6.45, 7) is 3.89. The summed E-state index contributed by atoms with van der Waals surface area (Å²) in [6, 6.07) is 9.37. The Balaban J connectivity index is 1.40. The van der Waals surface area contributed by atoms with E-state index in [2.05, 4.69) is 16.6 Å². The molecule has 2 unspecified atom stereocenters. The molecule has 3 aliphatic heterocycles. The largest absolute Gasteiger partial charge is 0.332 e. The van der Waals surface area contributed by atoms with Crippen molar-refractivity contribution in [1.82, 2.24) is 9.80 Å². The summed E-state index contributed by atoms with van der Waals surface area (Å²) >= 11 is 0. The van der Waals surface area contributed by atoms with Gasteiger partial charge in [-0.3, -0.25) is 4.79 Å². The van der Waals surface area contributed by atoms with E-state index < -0.39 is 24.1 Å². The van der Waals surface area contributed by atoms with Crippen molar-refractivity contribution in [3.05, 3.63) is 58.0 Å². The molecule has 3 aliphatic rings. The van der Waals surface area contributed by atoms with Gasteiger partial charge in [-0.15, -0.1) is 4.91 Å². The van der Waals surface area contributed by atoms with Gasteiger partial charge in [-0.05, 0) is 66.9 Å². The van der Waals surface area contributed by atoms with Gasteiger partial charge in [0, 0.05) is 12.2 Å². The van der Waals surface area contributed by atoms with Crippen molar-refractivity contribution in [3.63, 3.8) is 0 Å². The summed E-state index contributed by atoms with van der Waals surface area (Å²) in [5.74, 6) is -0.371. The third-order valence-corrected chi connectivity index (χ3v) is 6.85. The quantitative estimate of drug-likeness (QED) is 0.574. The molecule has 3 fully saturated rings. The number of nitrogens with zero attached hydrogens (tertiary/aromatic N) is 5. The highest BCUT2D eigenvalue weighted by atomic mass is 16.3. The number of carbonyl (C=O) groups is 3. The first-order chi connectivity index (χ1) is 15.8. The average Bonchev–Trinajstić information content (AvgIpc) is 3.48. The van der Waals surface area contributed by atoms with Crippen LogP contribution in [0.15, 0.2) is 41.6 Å². The van der Waals surface area contributed by atoms with Crippen LogP contribution in [0.2, 0.25) is 0 Å². The number of carbonyl (C=O) groups excluding carboxylic acids is 3. The molecule has 166 valence electrons. The van der Waals surface area contributed by atoms with E-state index in [1.807, 2.05) is 0 Å². The second-order valence-corrected chi connectivity index (χ2v) is 8.48. The number of nitroso groups, excluding NO2 is 1. The minimum Gasteiger partial charge on any atom is -0.317 e. The minimum atomic E-state index is -0.750. The van der Waals surface area contributed by atoms with Crippen molar-refractivity contribution in [1.29, 1.82) is 5.26 Å². The van der Waals surface area contributed by atoms with Crippen LogP contribution in [0.4, 0.5) is 26.7 Å². The molecule has 0 aliphatic carbocycles. The maximum absolute atomic E-state index is 13.4. The monoisotopic (exact) mass is 444 g/mol. The Morgan fingerprint density at radius 1 is 1.18 bits per heavy atom. The van der Waals surface area contributed by atoms with Crippen molar-refractivity contribution in [2.45, 2.75) is 38.4 Å². The summed E-state index contributed by atoms with van der Waals surface area (Å²) in [5.41, 5.74) is 3.00. The molecule has 0 spiro atoms. The number of likely N-dealkylation sites (tertiary alicyclic amines) is 1.